The maximum Gasteiger partial charge on any atom is 0.281 e. The van der Waals surface area contributed by atoms with Crippen molar-refractivity contribution in [3.05, 3.63) is 5.01 Å². The van der Waals surface area contributed by atoms with Gasteiger partial charge in [0, 0.05) is 0 Å². The lowest BCUT2D eigenvalue weighted by Crippen LogP contribution is -3.27. The predicted octanol–water partition coefficient (Wildman–Crippen LogP) is -2.80. The Morgan fingerprint density at radius 2 is 2.06 bits per heavy atom. The molecule has 0 unspecified atom stereocenters. The highest BCUT2D eigenvalue weighted by molar-refractivity contribution is 7.15. The van der Waals surface area contributed by atoms with Crippen LogP contribution in [0.3, 0.4) is 0 Å². The maximum atomic E-state index is 11.8. The van der Waals surface area contributed by atoms with Crippen molar-refractivity contribution >= 4 is 22.4 Å². The number of likely N-dealkylation sites (N-methyl/N-ethyl adjacent to an activating group) is 1. The molecule has 1 aliphatic heterocycles. The number of aromatic nitrogens is 2. The first kappa shape index (κ1) is 12.4. The summed E-state index contributed by atoms with van der Waals surface area (Å²) in [6, 6.07) is 0. The zero-order valence-corrected chi connectivity index (χ0v) is 11.1. The Balaban J connectivity index is 1.77. The van der Waals surface area contributed by atoms with Crippen LogP contribution in [0.5, 0.6) is 0 Å². The van der Waals surface area contributed by atoms with Gasteiger partial charge in [0.1, 0.15) is 31.2 Å². The molecule has 0 spiro atoms. The zero-order chi connectivity index (χ0) is 12.3. The number of hydrogen-bond donors (Lipinski definition) is 3. The quantitative estimate of drug-likeness (QED) is 0.548. The number of amides is 1. The zero-order valence-electron chi connectivity index (χ0n) is 10.2. The summed E-state index contributed by atoms with van der Waals surface area (Å²) in [7, 11) is 2.20. The Morgan fingerprint density at radius 3 is 2.65 bits per heavy atom. The molecule has 1 fully saturated rings. The van der Waals surface area contributed by atoms with E-state index in [9.17, 15) is 4.79 Å². The molecule has 7 heteroatoms. The van der Waals surface area contributed by atoms with E-state index in [2.05, 4.69) is 22.6 Å². The van der Waals surface area contributed by atoms with Gasteiger partial charge in [-0.3, -0.25) is 10.1 Å². The molecule has 94 valence electrons. The van der Waals surface area contributed by atoms with E-state index < -0.39 is 0 Å². The van der Waals surface area contributed by atoms with Crippen LogP contribution in [0.4, 0.5) is 5.13 Å². The molecule has 6 nitrogen and oxygen atoms in total. The van der Waals surface area contributed by atoms with Crippen molar-refractivity contribution < 1.29 is 14.6 Å². The summed E-state index contributed by atoms with van der Waals surface area (Å²) < 4.78 is 0. The van der Waals surface area contributed by atoms with Gasteiger partial charge in [-0.1, -0.05) is 11.3 Å². The number of quaternary nitrogens is 2. The fourth-order valence-electron chi connectivity index (χ4n) is 1.94. The van der Waals surface area contributed by atoms with Gasteiger partial charge in [0.2, 0.25) is 5.13 Å². The molecule has 0 radical (unpaired) electrons. The van der Waals surface area contributed by atoms with E-state index in [-0.39, 0.29) is 5.91 Å². The number of piperazine rings is 1. The number of nitrogens with one attached hydrogen (secondary N) is 3. The van der Waals surface area contributed by atoms with Gasteiger partial charge in [-0.2, -0.15) is 0 Å². The Morgan fingerprint density at radius 1 is 1.35 bits per heavy atom. The van der Waals surface area contributed by atoms with Gasteiger partial charge in [-0.25, -0.2) is 0 Å². The van der Waals surface area contributed by atoms with Gasteiger partial charge in [0.15, 0.2) is 6.54 Å². The highest BCUT2D eigenvalue weighted by Crippen LogP contribution is 2.12. The van der Waals surface area contributed by atoms with Gasteiger partial charge in [-0.05, 0) is 6.92 Å². The standard InChI is InChI=1S/C10H17N5OS/c1-8-12-13-10(17-8)11-9(16)7-15-5-3-14(2)4-6-15/h3-7H2,1-2H3,(H,11,13,16)/p+2. The van der Waals surface area contributed by atoms with Crippen LogP contribution in [-0.2, 0) is 4.79 Å². The number of rotatable bonds is 3. The van der Waals surface area contributed by atoms with Gasteiger partial charge in [-0.15, -0.1) is 10.2 Å². The predicted molar refractivity (Wildman–Crippen MR) is 65.5 cm³/mol. The number of aryl methyl sites for hydroxylation is 1. The molecule has 0 aliphatic carbocycles. The van der Waals surface area contributed by atoms with Gasteiger partial charge in [0.25, 0.3) is 5.91 Å². The van der Waals surface area contributed by atoms with Crippen molar-refractivity contribution in [2.45, 2.75) is 6.92 Å². The third-order valence-corrected chi connectivity index (χ3v) is 3.75. The average molecular weight is 257 g/mol. The Bertz CT molecular complexity index is 386. The van der Waals surface area contributed by atoms with Gasteiger partial charge >= 0.3 is 0 Å². The van der Waals surface area contributed by atoms with Crippen LogP contribution in [0.25, 0.3) is 0 Å². The van der Waals surface area contributed by atoms with Gasteiger partial charge in [0.05, 0.1) is 7.05 Å². The highest BCUT2D eigenvalue weighted by atomic mass is 32.1. The summed E-state index contributed by atoms with van der Waals surface area (Å²) in [5, 5.41) is 12.0. The monoisotopic (exact) mass is 257 g/mol. The second-order valence-electron chi connectivity index (χ2n) is 4.56. The molecular formula is C10H19N5OS+2. The maximum absolute atomic E-state index is 11.8. The molecule has 1 aromatic heterocycles. The summed E-state index contributed by atoms with van der Waals surface area (Å²) in [6.07, 6.45) is 0. The molecule has 0 bridgehead atoms. The summed E-state index contributed by atoms with van der Waals surface area (Å²) in [6.45, 7) is 6.82. The summed E-state index contributed by atoms with van der Waals surface area (Å²) in [4.78, 5) is 14.7. The molecule has 1 aromatic rings. The molecule has 1 aliphatic rings. The molecule has 1 saturated heterocycles. The number of nitrogens with zero attached hydrogens (tertiary/aromatic N) is 2. The minimum absolute atomic E-state index is 0.0377. The normalized spacial score (nSPS) is 24.6. The largest absolute Gasteiger partial charge is 0.328 e. The topological polar surface area (TPSA) is 63.8 Å². The third-order valence-electron chi connectivity index (χ3n) is 2.99. The van der Waals surface area contributed by atoms with Crippen LogP contribution in [0.1, 0.15) is 5.01 Å². The molecule has 2 heterocycles. The minimum atomic E-state index is 0.0377. The van der Waals surface area contributed by atoms with Crippen molar-refractivity contribution in [3.63, 3.8) is 0 Å². The number of carbonyl (C=O) groups is 1. The van der Waals surface area contributed by atoms with E-state index in [1.54, 1.807) is 4.90 Å². The van der Waals surface area contributed by atoms with E-state index >= 15 is 0 Å². The average Bonchev–Trinajstić information content (AvgIpc) is 2.67. The van der Waals surface area contributed by atoms with Crippen molar-refractivity contribution in [2.24, 2.45) is 0 Å². The first-order valence-corrected chi connectivity index (χ1v) is 6.70. The van der Waals surface area contributed by atoms with Crippen LogP contribution < -0.4 is 15.1 Å². The highest BCUT2D eigenvalue weighted by Gasteiger charge is 2.22. The smallest absolute Gasteiger partial charge is 0.281 e. The SMILES string of the molecule is Cc1nnc(NC(=O)C[NH+]2CC[NH+](C)CC2)s1. The second kappa shape index (κ2) is 5.52. The summed E-state index contributed by atoms with van der Waals surface area (Å²) in [5.41, 5.74) is 0. The molecule has 2 rings (SSSR count). The fourth-order valence-corrected chi connectivity index (χ4v) is 2.55. The first-order chi connectivity index (χ1) is 8.13. The molecule has 1 amide bonds. The van der Waals surface area contributed by atoms with Crippen LogP contribution >= 0.6 is 11.3 Å². The minimum Gasteiger partial charge on any atom is -0.328 e. The Kier molecular flexibility index (Phi) is 4.03. The van der Waals surface area contributed by atoms with E-state index in [0.717, 1.165) is 31.2 Å². The lowest BCUT2D eigenvalue weighted by atomic mass is 10.3. The second-order valence-corrected chi connectivity index (χ2v) is 5.74. The van der Waals surface area contributed by atoms with Crippen LogP contribution in [0, 0.1) is 6.92 Å². The third kappa shape index (κ3) is 3.72. The molecule has 3 N–H and O–H groups in total. The molecular weight excluding hydrogens is 238 g/mol. The summed E-state index contributed by atoms with van der Waals surface area (Å²) in [5.74, 6) is 0.0377. The van der Waals surface area contributed by atoms with E-state index in [4.69, 9.17) is 0 Å². The van der Waals surface area contributed by atoms with Crippen LogP contribution in [0.2, 0.25) is 0 Å². The van der Waals surface area contributed by atoms with E-state index in [1.165, 1.54) is 16.2 Å². The number of hydrogen-bond acceptors (Lipinski definition) is 4. The van der Waals surface area contributed by atoms with E-state index in [1.807, 2.05) is 6.92 Å². The lowest BCUT2D eigenvalue weighted by molar-refractivity contribution is -0.999. The van der Waals surface area contributed by atoms with E-state index in [0.29, 0.717) is 11.7 Å². The number of anilines is 1. The lowest BCUT2D eigenvalue weighted by Gasteiger charge is -2.26. The van der Waals surface area contributed by atoms with Crippen molar-refractivity contribution in [2.75, 3.05) is 45.1 Å². The molecule has 0 atom stereocenters. The molecule has 17 heavy (non-hydrogen) atoms. The Labute approximate surface area is 105 Å². The first-order valence-electron chi connectivity index (χ1n) is 5.88. The van der Waals surface area contributed by atoms with Gasteiger partial charge < -0.3 is 9.80 Å². The van der Waals surface area contributed by atoms with Crippen molar-refractivity contribution in [1.29, 1.82) is 0 Å². The molecule has 0 saturated carbocycles. The fraction of sp³-hybridized carbons (Fsp3) is 0.700. The van der Waals surface area contributed by atoms with Crippen LogP contribution in [0.15, 0.2) is 0 Å². The van der Waals surface area contributed by atoms with Crippen LogP contribution in [-0.4, -0.2) is 55.9 Å². The van der Waals surface area contributed by atoms with Crippen molar-refractivity contribution in [1.82, 2.24) is 10.2 Å². The number of carbonyl (C=O) groups excluding carboxylic acids is 1. The van der Waals surface area contributed by atoms with Crippen molar-refractivity contribution in [3.8, 4) is 0 Å². The molecule has 0 aromatic carbocycles. The summed E-state index contributed by atoms with van der Waals surface area (Å²) >= 11 is 1.41. The Hall–Kier alpha value is -1.05.